The van der Waals surface area contributed by atoms with Gasteiger partial charge in [-0.1, -0.05) is 11.6 Å². The molecule has 5 heteroatoms. The number of halogens is 2. The third kappa shape index (κ3) is 2.44. The predicted octanol–water partition coefficient (Wildman–Crippen LogP) is 4.98. The molecule has 3 aromatic rings. The van der Waals surface area contributed by atoms with Gasteiger partial charge in [-0.25, -0.2) is 0 Å². The van der Waals surface area contributed by atoms with Crippen LogP contribution in [-0.2, 0) is 0 Å². The van der Waals surface area contributed by atoms with Crippen molar-refractivity contribution in [2.75, 3.05) is 11.1 Å². The molecular weight excluding hydrogens is 338 g/mol. The molecule has 0 aliphatic carbocycles. The minimum Gasteiger partial charge on any atom is -0.398 e. The maximum Gasteiger partial charge on any atom is 0.0957 e. The van der Waals surface area contributed by atoms with Gasteiger partial charge in [-0.05, 0) is 58.4 Å². The second kappa shape index (κ2) is 5.31. The molecule has 0 unspecified atom stereocenters. The first kappa shape index (κ1) is 13.2. The van der Waals surface area contributed by atoms with Crippen molar-refractivity contribution >= 4 is 55.5 Å². The van der Waals surface area contributed by atoms with Crippen LogP contribution in [0.3, 0.4) is 0 Å². The van der Waals surface area contributed by atoms with E-state index in [1.807, 2.05) is 42.5 Å². The van der Waals surface area contributed by atoms with Gasteiger partial charge in [0.2, 0.25) is 0 Å². The first-order valence-electron chi connectivity index (χ1n) is 6.00. The van der Waals surface area contributed by atoms with E-state index in [1.54, 1.807) is 6.20 Å². The monoisotopic (exact) mass is 347 g/mol. The maximum atomic E-state index is 5.97. The zero-order chi connectivity index (χ0) is 14.1. The quantitative estimate of drug-likeness (QED) is 0.642. The Kier molecular flexibility index (Phi) is 3.51. The minimum absolute atomic E-state index is 0.683. The molecule has 0 saturated heterocycles. The van der Waals surface area contributed by atoms with Crippen LogP contribution in [0.4, 0.5) is 17.1 Å². The van der Waals surface area contributed by atoms with E-state index in [4.69, 9.17) is 17.3 Å². The summed E-state index contributed by atoms with van der Waals surface area (Å²) < 4.78 is 0.894. The number of nitrogen functional groups attached to an aromatic ring is 1. The van der Waals surface area contributed by atoms with Gasteiger partial charge in [0, 0.05) is 26.8 Å². The molecule has 0 fully saturated rings. The first-order valence-corrected chi connectivity index (χ1v) is 7.17. The highest BCUT2D eigenvalue weighted by atomic mass is 79.9. The maximum absolute atomic E-state index is 5.97. The second-order valence-electron chi connectivity index (χ2n) is 4.35. The Labute approximate surface area is 129 Å². The smallest absolute Gasteiger partial charge is 0.0957 e. The van der Waals surface area contributed by atoms with Crippen molar-refractivity contribution in [1.82, 2.24) is 4.98 Å². The highest BCUT2D eigenvalue weighted by Gasteiger charge is 2.07. The molecule has 0 bridgehead atoms. The van der Waals surface area contributed by atoms with Crippen LogP contribution >= 0.6 is 27.5 Å². The van der Waals surface area contributed by atoms with Crippen LogP contribution in [0.15, 0.2) is 53.1 Å². The van der Waals surface area contributed by atoms with Crippen molar-refractivity contribution in [2.24, 2.45) is 0 Å². The Morgan fingerprint density at radius 1 is 1.10 bits per heavy atom. The van der Waals surface area contributed by atoms with Crippen LogP contribution in [0.1, 0.15) is 0 Å². The third-order valence-electron chi connectivity index (χ3n) is 3.00. The number of benzene rings is 2. The second-order valence-corrected chi connectivity index (χ2v) is 5.64. The van der Waals surface area contributed by atoms with Crippen molar-refractivity contribution in [1.29, 1.82) is 0 Å². The fourth-order valence-electron chi connectivity index (χ4n) is 2.03. The Morgan fingerprint density at radius 2 is 1.90 bits per heavy atom. The van der Waals surface area contributed by atoms with Crippen LogP contribution in [0.2, 0.25) is 5.02 Å². The van der Waals surface area contributed by atoms with E-state index in [-0.39, 0.29) is 0 Å². The van der Waals surface area contributed by atoms with Crippen molar-refractivity contribution in [3.05, 3.63) is 58.2 Å². The van der Waals surface area contributed by atoms with Crippen molar-refractivity contribution < 1.29 is 0 Å². The third-order valence-corrected chi connectivity index (χ3v) is 3.90. The van der Waals surface area contributed by atoms with E-state index >= 15 is 0 Å². The summed E-state index contributed by atoms with van der Waals surface area (Å²) in [5.74, 6) is 0. The highest BCUT2D eigenvalue weighted by Crippen LogP contribution is 2.32. The summed E-state index contributed by atoms with van der Waals surface area (Å²) in [6, 6.07) is 13.2. The fourth-order valence-corrected chi connectivity index (χ4v) is 2.81. The number of nitrogens with zero attached hydrogens (tertiary/aromatic N) is 1. The number of fused-ring (bicyclic) bond motifs is 1. The normalized spacial score (nSPS) is 10.7. The molecule has 0 aliphatic rings. The molecule has 0 amide bonds. The lowest BCUT2D eigenvalue weighted by molar-refractivity contribution is 1.40. The lowest BCUT2D eigenvalue weighted by atomic mass is 10.1. The predicted molar refractivity (Wildman–Crippen MR) is 88.6 cm³/mol. The molecule has 3 rings (SSSR count). The van der Waals surface area contributed by atoms with Crippen molar-refractivity contribution in [2.45, 2.75) is 0 Å². The lowest BCUT2D eigenvalue weighted by Crippen LogP contribution is -1.96. The zero-order valence-corrected chi connectivity index (χ0v) is 12.7. The van der Waals surface area contributed by atoms with Gasteiger partial charge in [-0.15, -0.1) is 0 Å². The van der Waals surface area contributed by atoms with Gasteiger partial charge in [0.25, 0.3) is 0 Å². The van der Waals surface area contributed by atoms with E-state index in [2.05, 4.69) is 26.2 Å². The zero-order valence-electron chi connectivity index (χ0n) is 10.4. The van der Waals surface area contributed by atoms with Crippen LogP contribution in [-0.4, -0.2) is 4.98 Å². The summed E-state index contributed by atoms with van der Waals surface area (Å²) in [7, 11) is 0. The average Bonchev–Trinajstić information content (AvgIpc) is 2.45. The number of aromatic nitrogens is 1. The SMILES string of the molecule is Nc1ccc(Nc2ccc(Cl)cc2Br)c2ncccc12. The van der Waals surface area contributed by atoms with Crippen LogP contribution in [0, 0.1) is 0 Å². The van der Waals surface area contributed by atoms with Crippen molar-refractivity contribution in [3.8, 4) is 0 Å². The Balaban J connectivity index is 2.09. The molecule has 3 nitrogen and oxygen atoms in total. The number of rotatable bonds is 2. The van der Waals surface area contributed by atoms with E-state index < -0.39 is 0 Å². The van der Waals surface area contributed by atoms with Gasteiger partial charge < -0.3 is 11.1 Å². The highest BCUT2D eigenvalue weighted by molar-refractivity contribution is 9.10. The summed E-state index contributed by atoms with van der Waals surface area (Å²) in [4.78, 5) is 4.40. The molecule has 1 aromatic heterocycles. The molecule has 0 aliphatic heterocycles. The van der Waals surface area contributed by atoms with Gasteiger partial charge in [0.1, 0.15) is 0 Å². The largest absolute Gasteiger partial charge is 0.398 e. The summed E-state index contributed by atoms with van der Waals surface area (Å²) in [5, 5.41) is 4.96. The van der Waals surface area contributed by atoms with Crippen molar-refractivity contribution in [3.63, 3.8) is 0 Å². The molecule has 100 valence electrons. The van der Waals surface area contributed by atoms with E-state index in [0.717, 1.165) is 26.8 Å². The standard InChI is InChI=1S/C15H11BrClN3/c16-11-8-9(17)3-5-13(11)20-14-6-4-12(18)10-2-1-7-19-15(10)14/h1-8,20H,18H2. The first-order chi connectivity index (χ1) is 9.65. The number of pyridine rings is 1. The molecule has 2 aromatic carbocycles. The number of hydrogen-bond acceptors (Lipinski definition) is 3. The molecule has 3 N–H and O–H groups in total. The summed E-state index contributed by atoms with van der Waals surface area (Å²) in [6.07, 6.45) is 1.75. The number of nitrogens with two attached hydrogens (primary N) is 1. The Hall–Kier alpha value is -1.78. The Bertz CT molecular complexity index is 789. The minimum atomic E-state index is 0.683. The molecule has 0 radical (unpaired) electrons. The Morgan fingerprint density at radius 3 is 2.70 bits per heavy atom. The summed E-state index contributed by atoms with van der Waals surface area (Å²) in [5.41, 5.74) is 9.36. The molecule has 0 atom stereocenters. The topological polar surface area (TPSA) is 50.9 Å². The molecule has 1 heterocycles. The van der Waals surface area contributed by atoms with Gasteiger partial charge in [-0.3, -0.25) is 4.98 Å². The lowest BCUT2D eigenvalue weighted by Gasteiger charge is -2.12. The van der Waals surface area contributed by atoms with Crippen LogP contribution < -0.4 is 11.1 Å². The number of anilines is 3. The van der Waals surface area contributed by atoms with Gasteiger partial charge in [0.15, 0.2) is 0 Å². The fraction of sp³-hybridized carbons (Fsp3) is 0. The number of hydrogen-bond donors (Lipinski definition) is 2. The molecule has 20 heavy (non-hydrogen) atoms. The van der Waals surface area contributed by atoms with E-state index in [1.165, 1.54) is 0 Å². The molecular formula is C15H11BrClN3. The van der Waals surface area contributed by atoms with Gasteiger partial charge in [-0.2, -0.15) is 0 Å². The summed E-state index contributed by atoms with van der Waals surface area (Å²) in [6.45, 7) is 0. The van der Waals surface area contributed by atoms with E-state index in [9.17, 15) is 0 Å². The summed E-state index contributed by atoms with van der Waals surface area (Å²) >= 11 is 9.44. The van der Waals surface area contributed by atoms with E-state index in [0.29, 0.717) is 10.7 Å². The number of nitrogens with one attached hydrogen (secondary N) is 1. The molecule has 0 saturated carbocycles. The van der Waals surface area contributed by atoms with Crippen LogP contribution in [0.5, 0.6) is 0 Å². The average molecular weight is 349 g/mol. The van der Waals surface area contributed by atoms with Crippen LogP contribution in [0.25, 0.3) is 10.9 Å². The molecule has 0 spiro atoms. The van der Waals surface area contributed by atoms with Gasteiger partial charge in [0.05, 0.1) is 16.9 Å². The van der Waals surface area contributed by atoms with Gasteiger partial charge >= 0.3 is 0 Å².